The van der Waals surface area contributed by atoms with E-state index in [0.717, 1.165) is 5.57 Å². The molecule has 0 bridgehead atoms. The summed E-state index contributed by atoms with van der Waals surface area (Å²) in [6.07, 6.45) is 1.80. The molecule has 0 radical (unpaired) electrons. The minimum atomic E-state index is -1.42. The molecule has 108 valence electrons. The van der Waals surface area contributed by atoms with Crippen molar-refractivity contribution in [2.24, 2.45) is 5.41 Å². The number of hydrogen-bond donors (Lipinski definition) is 0. The van der Waals surface area contributed by atoms with E-state index < -0.39 is 17.4 Å². The summed E-state index contributed by atoms with van der Waals surface area (Å²) in [6.45, 7) is 3.59. The zero-order valence-corrected chi connectivity index (χ0v) is 15.4. The van der Waals surface area contributed by atoms with Crippen LogP contribution in [0.5, 0.6) is 0 Å². The van der Waals surface area contributed by atoms with Crippen molar-refractivity contribution < 1.29 is 19.1 Å². The van der Waals surface area contributed by atoms with Gasteiger partial charge in [0.2, 0.25) is 0 Å². The maximum Gasteiger partial charge on any atom is 0.323 e. The van der Waals surface area contributed by atoms with Crippen LogP contribution in [0.3, 0.4) is 0 Å². The average molecular weight is 463 g/mol. The molecule has 0 aromatic rings. The van der Waals surface area contributed by atoms with Gasteiger partial charge in [-0.2, -0.15) is 0 Å². The number of alkyl halides is 1. The van der Waals surface area contributed by atoms with Crippen molar-refractivity contribution in [3.05, 3.63) is 21.6 Å². The third-order valence-electron chi connectivity index (χ3n) is 2.59. The Labute approximate surface area is 138 Å². The second-order valence-corrected chi connectivity index (χ2v) is 6.94. The fourth-order valence-electron chi connectivity index (χ4n) is 1.63. The molecule has 0 aromatic heterocycles. The van der Waals surface area contributed by atoms with Gasteiger partial charge in [0, 0.05) is 5.33 Å². The SMILES string of the molecule is C=CCC(CC(CBr)=C(Br)Br)(C(=O)OC)C(=O)OC. The molecule has 0 unspecified atom stereocenters. The number of carbonyl (C=O) groups excluding carboxylic acids is 2. The maximum atomic E-state index is 12.1. The summed E-state index contributed by atoms with van der Waals surface area (Å²) in [4.78, 5) is 24.1. The second kappa shape index (κ2) is 8.92. The molecular formula is C12H15Br3O4. The van der Waals surface area contributed by atoms with Crippen molar-refractivity contribution in [2.45, 2.75) is 12.8 Å². The molecule has 4 nitrogen and oxygen atoms in total. The van der Waals surface area contributed by atoms with Crippen LogP contribution in [0.15, 0.2) is 21.6 Å². The summed E-state index contributed by atoms with van der Waals surface area (Å²) < 4.78 is 10.2. The van der Waals surface area contributed by atoms with Gasteiger partial charge in [-0.1, -0.05) is 22.0 Å². The van der Waals surface area contributed by atoms with Crippen LogP contribution >= 0.6 is 47.8 Å². The minimum absolute atomic E-state index is 0.135. The lowest BCUT2D eigenvalue weighted by molar-refractivity contribution is -0.168. The summed E-state index contributed by atoms with van der Waals surface area (Å²) in [7, 11) is 2.48. The molecule has 19 heavy (non-hydrogen) atoms. The molecular weight excluding hydrogens is 448 g/mol. The van der Waals surface area contributed by atoms with Gasteiger partial charge >= 0.3 is 11.9 Å². The topological polar surface area (TPSA) is 52.6 Å². The van der Waals surface area contributed by atoms with E-state index >= 15 is 0 Å². The quantitative estimate of drug-likeness (QED) is 0.251. The Balaban J connectivity index is 5.71. The Morgan fingerprint density at radius 1 is 1.21 bits per heavy atom. The van der Waals surface area contributed by atoms with E-state index in [1.54, 1.807) is 0 Å². The molecule has 0 saturated carbocycles. The highest BCUT2D eigenvalue weighted by Gasteiger charge is 2.48. The van der Waals surface area contributed by atoms with Crippen molar-refractivity contribution in [3.8, 4) is 0 Å². The van der Waals surface area contributed by atoms with Gasteiger partial charge in [-0.15, -0.1) is 6.58 Å². The summed E-state index contributed by atoms with van der Waals surface area (Å²) in [6, 6.07) is 0. The van der Waals surface area contributed by atoms with Gasteiger partial charge in [0.15, 0.2) is 5.41 Å². The van der Waals surface area contributed by atoms with Crippen molar-refractivity contribution >= 4 is 59.7 Å². The number of halogens is 3. The lowest BCUT2D eigenvalue weighted by Gasteiger charge is -2.27. The highest BCUT2D eigenvalue weighted by atomic mass is 79.9. The molecule has 7 heteroatoms. The number of esters is 2. The fraction of sp³-hybridized carbons (Fsp3) is 0.500. The summed E-state index contributed by atoms with van der Waals surface area (Å²) >= 11 is 9.88. The van der Waals surface area contributed by atoms with Crippen LogP contribution in [0.25, 0.3) is 0 Å². The third kappa shape index (κ3) is 4.72. The number of carbonyl (C=O) groups is 2. The minimum Gasteiger partial charge on any atom is -0.468 e. The van der Waals surface area contributed by atoms with Gasteiger partial charge in [0.1, 0.15) is 0 Å². The maximum absolute atomic E-state index is 12.1. The molecule has 0 atom stereocenters. The van der Waals surface area contributed by atoms with Gasteiger partial charge in [0.25, 0.3) is 0 Å². The fourth-order valence-corrected chi connectivity index (χ4v) is 3.42. The predicted octanol–water partition coefficient (Wildman–Crippen LogP) is 3.68. The van der Waals surface area contributed by atoms with Crippen LogP contribution < -0.4 is 0 Å². The largest absolute Gasteiger partial charge is 0.468 e. The second-order valence-electron chi connectivity index (χ2n) is 3.73. The normalized spacial score (nSPS) is 10.6. The molecule has 0 saturated heterocycles. The highest BCUT2D eigenvalue weighted by molar-refractivity contribution is 9.28. The number of methoxy groups -OCH3 is 2. The van der Waals surface area contributed by atoms with E-state index in [0.29, 0.717) is 8.72 Å². The first-order valence-electron chi connectivity index (χ1n) is 5.26. The molecule has 0 heterocycles. The van der Waals surface area contributed by atoms with Crippen molar-refractivity contribution in [3.63, 3.8) is 0 Å². The van der Waals surface area contributed by atoms with Crippen LogP contribution in [-0.2, 0) is 19.1 Å². The van der Waals surface area contributed by atoms with Crippen molar-refractivity contribution in [1.82, 2.24) is 0 Å². The molecule has 0 aliphatic rings. The Kier molecular flexibility index (Phi) is 8.85. The smallest absolute Gasteiger partial charge is 0.323 e. The van der Waals surface area contributed by atoms with E-state index in [1.807, 2.05) is 0 Å². The lowest BCUT2D eigenvalue weighted by Crippen LogP contribution is -2.41. The number of hydrogen-bond acceptors (Lipinski definition) is 4. The molecule has 0 fully saturated rings. The Morgan fingerprint density at radius 3 is 1.95 bits per heavy atom. The molecule has 0 aliphatic heterocycles. The Morgan fingerprint density at radius 2 is 1.68 bits per heavy atom. The zero-order chi connectivity index (χ0) is 15.1. The molecule has 0 N–H and O–H groups in total. The third-order valence-corrected chi connectivity index (χ3v) is 4.39. The monoisotopic (exact) mass is 460 g/mol. The van der Waals surface area contributed by atoms with Gasteiger partial charge < -0.3 is 9.47 Å². The predicted molar refractivity (Wildman–Crippen MR) is 84.6 cm³/mol. The van der Waals surface area contributed by atoms with E-state index in [1.165, 1.54) is 20.3 Å². The first-order valence-corrected chi connectivity index (χ1v) is 7.97. The van der Waals surface area contributed by atoms with Gasteiger partial charge in [-0.05, 0) is 50.3 Å². The van der Waals surface area contributed by atoms with Crippen LogP contribution in [0, 0.1) is 5.41 Å². The van der Waals surface area contributed by atoms with Crippen LogP contribution in [0.4, 0.5) is 0 Å². The van der Waals surface area contributed by atoms with Gasteiger partial charge in [-0.3, -0.25) is 9.59 Å². The summed E-state index contributed by atoms with van der Waals surface area (Å²) in [5.41, 5.74) is -0.612. The number of ether oxygens (including phenoxy) is 2. The van der Waals surface area contributed by atoms with Crippen LogP contribution in [-0.4, -0.2) is 31.5 Å². The van der Waals surface area contributed by atoms with Crippen LogP contribution in [0.2, 0.25) is 0 Å². The molecule has 0 rings (SSSR count). The molecule has 0 aromatic carbocycles. The van der Waals surface area contributed by atoms with E-state index in [2.05, 4.69) is 54.4 Å². The highest BCUT2D eigenvalue weighted by Crippen LogP contribution is 2.37. The summed E-state index contributed by atoms with van der Waals surface area (Å²) in [5, 5.41) is 0.492. The van der Waals surface area contributed by atoms with Crippen molar-refractivity contribution in [1.29, 1.82) is 0 Å². The van der Waals surface area contributed by atoms with Crippen molar-refractivity contribution in [2.75, 3.05) is 19.5 Å². The lowest BCUT2D eigenvalue weighted by atomic mass is 9.79. The first-order chi connectivity index (χ1) is 8.89. The summed E-state index contributed by atoms with van der Waals surface area (Å²) in [5.74, 6) is -1.28. The van der Waals surface area contributed by atoms with E-state index in [-0.39, 0.29) is 12.8 Å². The van der Waals surface area contributed by atoms with E-state index in [9.17, 15) is 9.59 Å². The standard InChI is InChI=1S/C12H15Br3O4/c1-4-5-12(10(16)18-2,11(17)19-3)6-8(7-13)9(14)15/h4H,1,5-7H2,2-3H3. The van der Waals surface area contributed by atoms with Gasteiger partial charge in [-0.25, -0.2) is 0 Å². The Bertz CT molecular complexity index is 370. The zero-order valence-electron chi connectivity index (χ0n) is 10.7. The Hall–Kier alpha value is -0.140. The van der Waals surface area contributed by atoms with E-state index in [4.69, 9.17) is 9.47 Å². The van der Waals surface area contributed by atoms with Crippen LogP contribution in [0.1, 0.15) is 12.8 Å². The average Bonchev–Trinajstić information content (AvgIpc) is 2.41. The molecule has 0 amide bonds. The molecule has 0 aliphatic carbocycles. The molecule has 0 spiro atoms. The van der Waals surface area contributed by atoms with Gasteiger partial charge in [0.05, 0.1) is 17.6 Å². The number of rotatable bonds is 7. The first kappa shape index (κ1) is 18.9. The number of allylic oxidation sites excluding steroid dienone is 2.